The van der Waals surface area contributed by atoms with Crippen LogP contribution in [0.5, 0.6) is 0 Å². The van der Waals surface area contributed by atoms with E-state index in [0.29, 0.717) is 32.6 Å². The molecule has 3 heterocycles. The summed E-state index contributed by atoms with van der Waals surface area (Å²) in [7, 11) is 0. The number of thioether (sulfide) groups is 1. The molecule has 166 valence electrons. The summed E-state index contributed by atoms with van der Waals surface area (Å²) in [5, 5.41) is 3.82. The monoisotopic (exact) mass is 538 g/mol. The van der Waals surface area contributed by atoms with E-state index in [1.807, 2.05) is 35.7 Å². The van der Waals surface area contributed by atoms with E-state index in [2.05, 4.69) is 51.9 Å². The molecule has 0 amide bonds. The zero-order chi connectivity index (χ0) is 23.1. The molecule has 0 saturated carbocycles. The number of ketones is 1. The molecule has 0 atom stereocenters. The number of nitrogens with zero attached hydrogens (tertiary/aromatic N) is 1. The van der Waals surface area contributed by atoms with E-state index >= 15 is 0 Å². The molecule has 0 radical (unpaired) electrons. The zero-order valence-corrected chi connectivity index (χ0v) is 21.1. The highest BCUT2D eigenvalue weighted by molar-refractivity contribution is 9.10. The standard InChI is InChI=1S/C25H19BrN2O3S2/c1-13(2)14-3-5-15(6-4-14)18-11-32-24-22(18)23(30)27-25(28-24)33-12-19(29)21-10-16-9-17(26)7-8-20(16)31-21/h3-11,13H,12H2,1-2H3,(H,27,28,30). The van der Waals surface area contributed by atoms with E-state index in [0.717, 1.165) is 21.0 Å². The molecule has 3 aromatic heterocycles. The van der Waals surface area contributed by atoms with E-state index in [-0.39, 0.29) is 17.1 Å². The number of thiophene rings is 1. The van der Waals surface area contributed by atoms with Crippen LogP contribution in [0.4, 0.5) is 0 Å². The van der Waals surface area contributed by atoms with Crippen molar-refractivity contribution in [2.45, 2.75) is 24.9 Å². The van der Waals surface area contributed by atoms with E-state index < -0.39 is 0 Å². The number of fused-ring (bicyclic) bond motifs is 2. The lowest BCUT2D eigenvalue weighted by atomic mass is 9.99. The number of Topliss-reactive ketones (excluding diaryl/α,β-unsaturated/α-hetero) is 1. The molecule has 5 rings (SSSR count). The lowest BCUT2D eigenvalue weighted by Gasteiger charge is -2.06. The highest BCUT2D eigenvalue weighted by atomic mass is 79.9. The van der Waals surface area contributed by atoms with Gasteiger partial charge in [-0.05, 0) is 41.3 Å². The maximum absolute atomic E-state index is 12.9. The number of halogens is 1. The molecule has 8 heteroatoms. The van der Waals surface area contributed by atoms with Gasteiger partial charge in [-0.3, -0.25) is 9.59 Å². The number of nitrogens with one attached hydrogen (secondary N) is 1. The minimum atomic E-state index is -0.201. The fourth-order valence-corrected chi connectivity index (χ4v) is 5.73. The SMILES string of the molecule is CC(C)c1ccc(-c2csc3nc(SCC(=O)c4cc5cc(Br)ccc5o4)[nH]c(=O)c23)cc1. The van der Waals surface area contributed by atoms with Crippen LogP contribution in [0.1, 0.15) is 35.9 Å². The quantitative estimate of drug-likeness (QED) is 0.140. The number of benzene rings is 2. The molecule has 0 aliphatic carbocycles. The average molecular weight is 539 g/mol. The lowest BCUT2D eigenvalue weighted by Crippen LogP contribution is -2.10. The molecule has 0 saturated heterocycles. The second-order valence-corrected chi connectivity index (χ2v) is 10.7. The summed E-state index contributed by atoms with van der Waals surface area (Å²) in [6.45, 7) is 4.31. The number of furan rings is 1. The normalized spacial score (nSPS) is 11.6. The molecule has 0 aliphatic rings. The largest absolute Gasteiger partial charge is 0.453 e. The first-order valence-electron chi connectivity index (χ1n) is 10.4. The van der Waals surface area contributed by atoms with Crippen molar-refractivity contribution in [3.63, 3.8) is 0 Å². The summed E-state index contributed by atoms with van der Waals surface area (Å²) in [6, 6.07) is 15.6. The maximum atomic E-state index is 12.9. The predicted octanol–water partition coefficient (Wildman–Crippen LogP) is 7.26. The molecule has 0 spiro atoms. The van der Waals surface area contributed by atoms with Gasteiger partial charge in [0, 0.05) is 20.8 Å². The Morgan fingerprint density at radius 3 is 2.73 bits per heavy atom. The van der Waals surface area contributed by atoms with Crippen molar-refractivity contribution in [1.29, 1.82) is 0 Å². The first-order valence-corrected chi connectivity index (χ1v) is 13.0. The fourth-order valence-electron chi connectivity index (χ4n) is 3.61. The summed E-state index contributed by atoms with van der Waals surface area (Å²) in [5.41, 5.74) is 3.58. The topological polar surface area (TPSA) is 76.0 Å². The Morgan fingerprint density at radius 2 is 1.97 bits per heavy atom. The van der Waals surface area contributed by atoms with Gasteiger partial charge in [-0.1, -0.05) is 65.8 Å². The van der Waals surface area contributed by atoms with Crippen molar-refractivity contribution < 1.29 is 9.21 Å². The molecule has 5 nitrogen and oxygen atoms in total. The van der Waals surface area contributed by atoms with Crippen LogP contribution in [0.3, 0.4) is 0 Å². The Bertz CT molecular complexity index is 1550. The van der Waals surface area contributed by atoms with E-state index in [1.54, 1.807) is 6.07 Å². The molecule has 33 heavy (non-hydrogen) atoms. The lowest BCUT2D eigenvalue weighted by molar-refractivity contribution is 0.0994. The van der Waals surface area contributed by atoms with Gasteiger partial charge < -0.3 is 9.40 Å². The molecule has 5 aromatic rings. The third-order valence-electron chi connectivity index (χ3n) is 5.40. The second kappa shape index (κ2) is 8.93. The zero-order valence-electron chi connectivity index (χ0n) is 17.8. The van der Waals surface area contributed by atoms with Crippen LogP contribution < -0.4 is 5.56 Å². The van der Waals surface area contributed by atoms with Gasteiger partial charge in [0.05, 0.1) is 11.1 Å². The van der Waals surface area contributed by atoms with Crippen LogP contribution in [0, 0.1) is 0 Å². The summed E-state index contributed by atoms with van der Waals surface area (Å²) in [6.07, 6.45) is 0. The number of rotatable bonds is 6. The van der Waals surface area contributed by atoms with Gasteiger partial charge in [0.2, 0.25) is 5.78 Å². The summed E-state index contributed by atoms with van der Waals surface area (Å²) in [4.78, 5) is 33.6. The number of aromatic amines is 1. The fraction of sp³-hybridized carbons (Fsp3) is 0.160. The third-order valence-corrected chi connectivity index (χ3v) is 7.64. The van der Waals surface area contributed by atoms with Gasteiger partial charge in [-0.15, -0.1) is 11.3 Å². The number of carbonyl (C=O) groups is 1. The van der Waals surface area contributed by atoms with E-state index in [1.165, 1.54) is 28.7 Å². The van der Waals surface area contributed by atoms with Gasteiger partial charge in [0.1, 0.15) is 10.4 Å². The predicted molar refractivity (Wildman–Crippen MR) is 139 cm³/mol. The number of hydrogen-bond donors (Lipinski definition) is 1. The molecular formula is C25H19BrN2O3S2. The Balaban J connectivity index is 1.37. The van der Waals surface area contributed by atoms with Gasteiger partial charge >= 0.3 is 0 Å². The highest BCUT2D eigenvalue weighted by Gasteiger charge is 2.17. The second-order valence-electron chi connectivity index (χ2n) is 7.98. The molecular weight excluding hydrogens is 520 g/mol. The molecule has 0 fully saturated rings. The van der Waals surface area contributed by atoms with Gasteiger partial charge in [-0.25, -0.2) is 4.98 Å². The first-order chi connectivity index (χ1) is 15.9. The molecule has 2 aromatic carbocycles. The number of aromatic nitrogens is 2. The van der Waals surface area contributed by atoms with Gasteiger partial charge in [0.25, 0.3) is 5.56 Å². The Hall–Kier alpha value is -2.68. The Morgan fingerprint density at radius 1 is 1.18 bits per heavy atom. The van der Waals surface area contributed by atoms with Crippen molar-refractivity contribution >= 4 is 66.0 Å². The van der Waals surface area contributed by atoms with Crippen molar-refractivity contribution in [2.24, 2.45) is 0 Å². The number of hydrogen-bond acceptors (Lipinski definition) is 6. The van der Waals surface area contributed by atoms with Gasteiger partial charge in [-0.2, -0.15) is 0 Å². The smallest absolute Gasteiger partial charge is 0.260 e. The number of carbonyl (C=O) groups excluding carboxylic acids is 1. The maximum Gasteiger partial charge on any atom is 0.260 e. The van der Waals surface area contributed by atoms with Crippen LogP contribution in [0.15, 0.2) is 72.8 Å². The molecule has 0 aliphatic heterocycles. The average Bonchev–Trinajstić information content (AvgIpc) is 3.42. The van der Waals surface area contributed by atoms with Crippen molar-refractivity contribution in [2.75, 3.05) is 5.75 Å². The Labute approximate surface area is 206 Å². The molecule has 0 bridgehead atoms. The highest BCUT2D eigenvalue weighted by Crippen LogP contribution is 2.32. The first kappa shape index (κ1) is 22.1. The van der Waals surface area contributed by atoms with Crippen molar-refractivity contribution in [3.8, 4) is 11.1 Å². The third kappa shape index (κ3) is 4.43. The minimum absolute atomic E-state index is 0.115. The van der Waals surface area contributed by atoms with Crippen LogP contribution in [0.2, 0.25) is 0 Å². The molecule has 1 N–H and O–H groups in total. The van der Waals surface area contributed by atoms with Crippen LogP contribution in [-0.2, 0) is 0 Å². The van der Waals surface area contributed by atoms with Crippen LogP contribution in [-0.4, -0.2) is 21.5 Å². The van der Waals surface area contributed by atoms with Crippen LogP contribution in [0.25, 0.3) is 32.3 Å². The van der Waals surface area contributed by atoms with Crippen LogP contribution >= 0.6 is 39.0 Å². The molecule has 0 unspecified atom stereocenters. The van der Waals surface area contributed by atoms with E-state index in [9.17, 15) is 9.59 Å². The Kier molecular flexibility index (Phi) is 5.99. The summed E-state index contributed by atoms with van der Waals surface area (Å²) >= 11 is 6.05. The van der Waals surface area contributed by atoms with Crippen molar-refractivity contribution in [1.82, 2.24) is 9.97 Å². The van der Waals surface area contributed by atoms with Crippen molar-refractivity contribution in [3.05, 3.63) is 80.1 Å². The summed E-state index contributed by atoms with van der Waals surface area (Å²) < 4.78 is 6.59. The van der Waals surface area contributed by atoms with Gasteiger partial charge in [0.15, 0.2) is 10.9 Å². The van der Waals surface area contributed by atoms with E-state index in [4.69, 9.17) is 4.42 Å². The summed E-state index contributed by atoms with van der Waals surface area (Å²) in [5.74, 6) is 0.700. The minimum Gasteiger partial charge on any atom is -0.453 e. The number of H-pyrrole nitrogens is 1.